The first-order valence-electron chi connectivity index (χ1n) is 33.2. The van der Waals surface area contributed by atoms with Crippen LogP contribution in [0.4, 0.5) is 40.3 Å². The number of carboxylic acids is 1. The number of imidazole rings is 1. The van der Waals surface area contributed by atoms with Crippen molar-refractivity contribution < 1.29 is 79.5 Å². The Balaban J connectivity index is 0.000000169. The molecule has 11 aromatic rings. The summed E-state index contributed by atoms with van der Waals surface area (Å²) in [4.78, 5) is 89.8. The van der Waals surface area contributed by atoms with E-state index in [1.165, 1.54) is 98.0 Å². The Labute approximate surface area is 649 Å². The van der Waals surface area contributed by atoms with Gasteiger partial charge in [-0.2, -0.15) is 11.3 Å². The second kappa shape index (κ2) is 39.9. The van der Waals surface area contributed by atoms with E-state index in [2.05, 4.69) is 56.8 Å². The number of thiophene rings is 1. The second-order valence-corrected chi connectivity index (χ2v) is 31.3. The van der Waals surface area contributed by atoms with E-state index in [1.54, 1.807) is 121 Å². The van der Waals surface area contributed by atoms with E-state index in [0.717, 1.165) is 70.0 Å². The number of thiazole rings is 3. The molecule has 6 aromatic heterocycles. The van der Waals surface area contributed by atoms with Crippen molar-refractivity contribution in [2.45, 2.75) is 92.7 Å². The molecule has 0 spiro atoms. The minimum Gasteiger partial charge on any atom is -0.493 e. The van der Waals surface area contributed by atoms with Crippen LogP contribution in [0.5, 0.6) is 34.5 Å². The van der Waals surface area contributed by atoms with Crippen molar-refractivity contribution in [1.82, 2.24) is 34.7 Å². The number of Topliss-reactive ketones (excluding diaryl/α,β-unsaturated/α-hetero) is 1. The molecule has 36 heteroatoms. The number of aromatic carboxylic acids is 1. The summed E-state index contributed by atoms with van der Waals surface area (Å²) in [6.45, 7) is 6.12. The molecule has 0 aliphatic heterocycles. The fourth-order valence-corrected chi connectivity index (χ4v) is 15.0. The highest BCUT2D eigenvalue weighted by molar-refractivity contribution is 7.99. The maximum absolute atomic E-state index is 14.1. The minimum atomic E-state index is -3.22. The molecule has 1 aliphatic carbocycles. The molecule has 12 rings (SSSR count). The topological polar surface area (TPSA) is 369 Å². The molecular formula is C73H74F2N12O15S7. The highest BCUT2D eigenvalue weighted by Crippen LogP contribution is 2.42. The van der Waals surface area contributed by atoms with E-state index in [-0.39, 0.29) is 73.0 Å². The number of urea groups is 1. The normalized spacial score (nSPS) is 12.0. The van der Waals surface area contributed by atoms with Gasteiger partial charge >= 0.3 is 18.0 Å². The van der Waals surface area contributed by atoms with Crippen molar-refractivity contribution in [2.24, 2.45) is 13.0 Å². The van der Waals surface area contributed by atoms with Gasteiger partial charge in [0.05, 0.1) is 66.0 Å². The van der Waals surface area contributed by atoms with Gasteiger partial charge in [0.2, 0.25) is 15.9 Å². The number of esters is 1. The Morgan fingerprint density at radius 1 is 0.771 bits per heavy atom. The number of ether oxygens (including phenoxy) is 6. The summed E-state index contributed by atoms with van der Waals surface area (Å²) in [5, 5.41) is 37.4. The van der Waals surface area contributed by atoms with Gasteiger partial charge in [0, 0.05) is 90.0 Å². The van der Waals surface area contributed by atoms with Crippen LogP contribution in [0.3, 0.4) is 0 Å². The summed E-state index contributed by atoms with van der Waals surface area (Å²) in [7, 11) is 1.53. The number of carbonyl (C=O) groups excluding carboxylic acids is 5. The van der Waals surface area contributed by atoms with Crippen molar-refractivity contribution in [3.63, 3.8) is 0 Å². The Bertz CT molecular complexity index is 5000. The molecule has 0 saturated heterocycles. The van der Waals surface area contributed by atoms with E-state index in [9.17, 15) is 46.0 Å². The molecule has 572 valence electrons. The first-order valence-corrected chi connectivity index (χ1v) is 40.3. The predicted octanol–water partition coefficient (Wildman–Crippen LogP) is 15.9. The number of nitrogens with two attached hydrogens (primary N) is 1. The molecule has 1 saturated carbocycles. The number of carbonyl (C=O) groups is 6. The third-order valence-electron chi connectivity index (χ3n) is 15.5. The van der Waals surface area contributed by atoms with Gasteiger partial charge in [-0.3, -0.25) is 30.3 Å². The van der Waals surface area contributed by atoms with Crippen LogP contribution in [-0.2, 0) is 39.3 Å². The number of ketones is 1. The fraction of sp³-hybridized carbons (Fsp3) is 0.260. The lowest BCUT2D eigenvalue weighted by Gasteiger charge is -2.20. The van der Waals surface area contributed by atoms with Crippen LogP contribution in [0.1, 0.15) is 116 Å². The van der Waals surface area contributed by atoms with Gasteiger partial charge in [0.1, 0.15) is 28.9 Å². The van der Waals surface area contributed by atoms with Crippen molar-refractivity contribution in [1.29, 1.82) is 0 Å². The highest BCUT2D eigenvalue weighted by atomic mass is 32.2. The Morgan fingerprint density at radius 3 is 2.17 bits per heavy atom. The zero-order chi connectivity index (χ0) is 78.2. The molecule has 109 heavy (non-hydrogen) atoms. The number of nitrogen functional groups attached to an aromatic ring is 1. The average molecular weight is 1620 g/mol. The number of amides is 4. The van der Waals surface area contributed by atoms with Crippen LogP contribution in [0.25, 0.3) is 0 Å². The Kier molecular flexibility index (Phi) is 30.1. The Hall–Kier alpha value is -10.8. The van der Waals surface area contributed by atoms with Crippen molar-refractivity contribution in [3.05, 3.63) is 198 Å². The van der Waals surface area contributed by atoms with Gasteiger partial charge in [-0.15, -0.1) is 44.2 Å². The maximum atomic E-state index is 14.1. The van der Waals surface area contributed by atoms with Crippen LogP contribution in [0.15, 0.2) is 164 Å². The molecule has 6 heterocycles. The van der Waals surface area contributed by atoms with Gasteiger partial charge < -0.3 is 49.1 Å². The third kappa shape index (κ3) is 24.6. The number of anilines is 5. The molecule has 1 aliphatic rings. The predicted molar refractivity (Wildman–Crippen MR) is 415 cm³/mol. The summed E-state index contributed by atoms with van der Waals surface area (Å²) in [5.74, 6) is -0.922. The van der Waals surface area contributed by atoms with Gasteiger partial charge in [-0.25, -0.2) is 51.5 Å². The number of rotatable bonds is 28. The summed E-state index contributed by atoms with van der Waals surface area (Å²) in [6.07, 6.45) is 14.6. The highest BCUT2D eigenvalue weighted by Gasteiger charge is 2.28. The maximum Gasteiger partial charge on any atom is 0.367 e. The van der Waals surface area contributed by atoms with E-state index in [0.29, 0.717) is 68.4 Å². The van der Waals surface area contributed by atoms with Crippen LogP contribution >= 0.6 is 68.4 Å². The molecule has 0 bridgehead atoms. The van der Waals surface area contributed by atoms with E-state index in [4.69, 9.17) is 39.3 Å². The summed E-state index contributed by atoms with van der Waals surface area (Å²) in [6, 6.07) is 24.4. The first kappa shape index (κ1) is 82.3. The van der Waals surface area contributed by atoms with Crippen LogP contribution in [-0.4, -0.2) is 124 Å². The quantitative estimate of drug-likeness (QED) is 0.0196. The fourth-order valence-electron chi connectivity index (χ4n) is 10.4. The van der Waals surface area contributed by atoms with Gasteiger partial charge in [-0.05, 0) is 133 Å². The second-order valence-electron chi connectivity index (χ2n) is 23.8. The SMILES string of the molecule is CC(C)Oc1cc(OCCc2ccsc2)cc(C(=O)Nc2nnc(C(=O)O)s2)c1.CCOC(=O)c1csc(NC(=O)Nc2cc(F)ccc2Oc2cccc(OC)c2OC)n1.CS(=O)(=O)c1ccc(C(CC2CCCC2)C(=O)Cc2nccs2)cc1.Cn1ccnc1Sc1cc(C(=O)Nc2nccs2)c(N)cc1F. The lowest BCUT2D eigenvalue weighted by Crippen LogP contribution is -2.20. The number of sulfone groups is 1. The number of nitrogens with one attached hydrogen (secondary N) is 4. The lowest BCUT2D eigenvalue weighted by molar-refractivity contribution is -0.120. The summed E-state index contributed by atoms with van der Waals surface area (Å²) in [5.41, 5.74) is 8.59. The van der Waals surface area contributed by atoms with Crippen molar-refractivity contribution in [2.75, 3.05) is 60.7 Å². The van der Waals surface area contributed by atoms with Gasteiger partial charge in [-0.1, -0.05) is 55.2 Å². The van der Waals surface area contributed by atoms with Crippen LogP contribution < -0.4 is 50.7 Å². The molecule has 27 nitrogen and oxygen atoms in total. The molecule has 0 radical (unpaired) electrons. The standard InChI is InChI=1S/C21H20FN3O6S.C19H19N3O5S2.C19H23NO3S2.C14H12FN5OS2/c1-4-30-19(26)14-11-32-21(24-14)25-20(27)23-13-10-12(22)8-9-15(13)31-17-7-5-6-16(28-2)18(17)29-3;1-11(2)27-15-8-13(16(23)20-19-22-21-17(29-19)18(24)25)7-14(9-15)26-5-3-12-4-6-28-10-12;1-25(22,23)16-8-6-15(7-9-16)17(12-14-4-2-3-5-14)18(21)13-19-20-10-11-24-19;1-20-4-2-18-14(20)23-11-6-8(10(16)7-9(11)15)12(21)19-13-17-3-5-22-13/h5-11H,4H2,1-3H3,(H2,23,24,25,27);4,6-11H,3,5H2,1-2H3,(H,24,25)(H,20,22,23);6-11,14,17H,2-5,12-13H2,1H3;2-7H,16H2,1H3,(H,17,19,21). The van der Waals surface area contributed by atoms with E-state index in [1.807, 2.05) is 30.7 Å². The minimum absolute atomic E-state index is 0.0644. The van der Waals surface area contributed by atoms with Crippen molar-refractivity contribution in [3.8, 4) is 34.5 Å². The third-order valence-corrected chi connectivity index (χ3v) is 21.5. The molecular weight excluding hydrogens is 1550 g/mol. The lowest BCUT2D eigenvalue weighted by atomic mass is 9.84. The number of nitrogens with zero attached hydrogens (tertiary/aromatic N) is 7. The molecule has 1 atom stereocenters. The number of methoxy groups -OCH3 is 2. The smallest absolute Gasteiger partial charge is 0.367 e. The number of para-hydroxylation sites is 1. The molecule has 1 fully saturated rings. The van der Waals surface area contributed by atoms with Gasteiger partial charge in [0.25, 0.3) is 11.8 Å². The molecule has 7 N–H and O–H groups in total. The molecule has 4 amide bonds. The number of aromatic nitrogens is 7. The summed E-state index contributed by atoms with van der Waals surface area (Å²) < 4.78 is 85.9. The number of aryl methyl sites for hydroxylation is 1. The first-order chi connectivity index (χ1) is 52.3. The molecule has 5 aromatic carbocycles. The molecule has 1 unspecified atom stereocenters. The summed E-state index contributed by atoms with van der Waals surface area (Å²) >= 11 is 7.37. The van der Waals surface area contributed by atoms with Crippen LogP contribution in [0, 0.1) is 17.6 Å². The van der Waals surface area contributed by atoms with E-state index >= 15 is 0 Å². The monoisotopic (exact) mass is 1620 g/mol. The van der Waals surface area contributed by atoms with Crippen LogP contribution in [0.2, 0.25) is 0 Å². The Morgan fingerprint density at radius 2 is 1.51 bits per heavy atom. The largest absolute Gasteiger partial charge is 0.493 e. The number of hydrogen-bond donors (Lipinski definition) is 6. The zero-order valence-corrected chi connectivity index (χ0v) is 65.2. The van der Waals surface area contributed by atoms with Crippen molar-refractivity contribution >= 4 is 141 Å². The number of hydrogen-bond acceptors (Lipinski definition) is 27. The van der Waals surface area contributed by atoms with Gasteiger partial charge in [0.15, 0.2) is 48.2 Å². The number of halogens is 2. The van der Waals surface area contributed by atoms with E-state index < -0.39 is 51.3 Å². The number of benzene rings is 5. The number of carboxylic acid groups (broad SMARTS) is 1. The zero-order valence-electron chi connectivity index (χ0n) is 59.5. The average Bonchev–Trinajstić information content (AvgIpc) is 1.81.